The Balaban J connectivity index is 1.49. The third kappa shape index (κ3) is 4.91. The summed E-state index contributed by atoms with van der Waals surface area (Å²) in [6.07, 6.45) is 0. The highest BCUT2D eigenvalue weighted by atomic mass is 35.5. The van der Waals surface area contributed by atoms with E-state index in [0.29, 0.717) is 26.1 Å². The van der Waals surface area contributed by atoms with Gasteiger partial charge in [-0.25, -0.2) is 4.39 Å². The standard InChI is InChI=1S/C24H17ClFN3O7S2/c25-10-1-6-14(36-9-15(30)27-12-4-2-11(26)3-5-12)13(7-10)17-18-20(37-21-19(17)38-24(35)28-21)23(34)29(22(18)33)8-16(31)32/h1-7,17-18,20H,8-9H2,(H,27,30)(H,28,35)(H,31,32)/t17-,18?,20?/m1/s1. The van der Waals surface area contributed by atoms with Gasteiger partial charge in [-0.05, 0) is 42.5 Å². The van der Waals surface area contributed by atoms with Gasteiger partial charge in [-0.3, -0.25) is 28.9 Å². The number of aromatic amines is 1. The number of rotatable bonds is 7. The maximum atomic E-state index is 13.4. The molecule has 1 saturated heterocycles. The molecule has 3 heterocycles. The van der Waals surface area contributed by atoms with E-state index in [-0.39, 0.29) is 10.8 Å². The van der Waals surface area contributed by atoms with Crippen molar-refractivity contribution < 1.29 is 33.4 Å². The van der Waals surface area contributed by atoms with E-state index >= 15 is 0 Å². The van der Waals surface area contributed by atoms with Crippen molar-refractivity contribution in [2.45, 2.75) is 16.2 Å². The van der Waals surface area contributed by atoms with E-state index in [4.69, 9.17) is 16.3 Å². The number of halogens is 2. The van der Waals surface area contributed by atoms with Gasteiger partial charge in [0.25, 0.3) is 5.91 Å². The number of thioether (sulfide) groups is 1. The Labute approximate surface area is 226 Å². The van der Waals surface area contributed by atoms with Crippen molar-refractivity contribution in [3.05, 3.63) is 73.4 Å². The predicted octanol–water partition coefficient (Wildman–Crippen LogP) is 2.92. The number of carboxylic acids is 1. The summed E-state index contributed by atoms with van der Waals surface area (Å²) in [6, 6.07) is 9.72. The van der Waals surface area contributed by atoms with Crippen LogP contribution in [0.2, 0.25) is 5.02 Å². The lowest BCUT2D eigenvalue weighted by Crippen LogP contribution is -2.36. The second-order valence-corrected chi connectivity index (χ2v) is 11.0. The molecule has 1 fully saturated rings. The second kappa shape index (κ2) is 10.2. The number of likely N-dealkylation sites (tertiary alicyclic amines) is 1. The fraction of sp³-hybridized carbons (Fsp3) is 0.208. The number of H-pyrrole nitrogens is 1. The largest absolute Gasteiger partial charge is 0.483 e. The lowest BCUT2D eigenvalue weighted by Gasteiger charge is -2.31. The van der Waals surface area contributed by atoms with Crippen molar-refractivity contribution in [1.82, 2.24) is 9.88 Å². The zero-order valence-corrected chi connectivity index (χ0v) is 21.5. The number of carbonyl (C=O) groups is 4. The first-order chi connectivity index (χ1) is 18.1. The zero-order valence-electron chi connectivity index (χ0n) is 19.1. The first kappa shape index (κ1) is 25.9. The van der Waals surface area contributed by atoms with Crippen molar-refractivity contribution in [3.63, 3.8) is 0 Å². The molecule has 2 aliphatic heterocycles. The van der Waals surface area contributed by atoms with Crippen molar-refractivity contribution in [2.24, 2.45) is 5.92 Å². The van der Waals surface area contributed by atoms with Crippen LogP contribution in [-0.4, -0.2) is 57.1 Å². The van der Waals surface area contributed by atoms with Gasteiger partial charge in [0, 0.05) is 27.1 Å². The fourth-order valence-electron chi connectivity index (χ4n) is 4.47. The van der Waals surface area contributed by atoms with Gasteiger partial charge in [0.1, 0.15) is 23.4 Å². The van der Waals surface area contributed by atoms with Crippen molar-refractivity contribution >= 4 is 64.1 Å². The van der Waals surface area contributed by atoms with E-state index in [1.807, 2.05) is 0 Å². The molecule has 0 saturated carbocycles. The summed E-state index contributed by atoms with van der Waals surface area (Å²) < 4.78 is 18.9. The monoisotopic (exact) mass is 577 g/mol. The molecular formula is C24H17ClFN3O7S2. The van der Waals surface area contributed by atoms with Gasteiger partial charge >= 0.3 is 10.8 Å². The number of carbonyl (C=O) groups excluding carboxylic acids is 3. The number of nitrogens with zero attached hydrogens (tertiary/aromatic N) is 1. The molecule has 3 amide bonds. The highest BCUT2D eigenvalue weighted by Crippen LogP contribution is 2.54. The van der Waals surface area contributed by atoms with Crippen LogP contribution in [0.1, 0.15) is 16.4 Å². The number of hydrogen-bond donors (Lipinski definition) is 3. The second-order valence-electron chi connectivity index (χ2n) is 8.43. The van der Waals surface area contributed by atoms with Crippen LogP contribution < -0.4 is 14.9 Å². The van der Waals surface area contributed by atoms with Crippen LogP contribution in [0, 0.1) is 11.7 Å². The minimum atomic E-state index is -1.34. The third-order valence-electron chi connectivity index (χ3n) is 6.00. The first-order valence-corrected chi connectivity index (χ1v) is 13.1. The Morgan fingerprint density at radius 2 is 1.87 bits per heavy atom. The van der Waals surface area contributed by atoms with Crippen LogP contribution in [0.15, 0.2) is 52.3 Å². The van der Waals surface area contributed by atoms with Crippen molar-refractivity contribution in [3.8, 4) is 5.75 Å². The van der Waals surface area contributed by atoms with Crippen LogP contribution in [0.4, 0.5) is 10.1 Å². The summed E-state index contributed by atoms with van der Waals surface area (Å²) in [5, 5.41) is 11.5. The average Bonchev–Trinajstić information content (AvgIpc) is 3.35. The normalized spacial score (nSPS) is 20.2. The predicted molar refractivity (Wildman–Crippen MR) is 136 cm³/mol. The Morgan fingerprint density at radius 1 is 1.13 bits per heavy atom. The molecule has 2 unspecified atom stereocenters. The van der Waals surface area contributed by atoms with Crippen LogP contribution in [-0.2, 0) is 19.2 Å². The van der Waals surface area contributed by atoms with E-state index in [1.54, 1.807) is 0 Å². The number of aromatic nitrogens is 1. The number of ether oxygens (including phenoxy) is 1. The molecule has 0 aliphatic carbocycles. The van der Waals surface area contributed by atoms with Gasteiger partial charge in [0.05, 0.1) is 10.9 Å². The summed E-state index contributed by atoms with van der Waals surface area (Å²) in [7, 11) is 0. The van der Waals surface area contributed by atoms with E-state index in [9.17, 15) is 33.5 Å². The summed E-state index contributed by atoms with van der Waals surface area (Å²) >= 11 is 8.15. The number of fused-ring (bicyclic) bond motifs is 2. The molecule has 2 aliphatic rings. The SMILES string of the molecule is O=C(O)CN1C(=O)C2Sc3[nH]c(=O)sc3[C@H](c3cc(Cl)ccc3OCC(=O)Nc3ccc(F)cc3)C2C1=O. The van der Waals surface area contributed by atoms with Gasteiger partial charge in [0.2, 0.25) is 11.8 Å². The molecule has 3 atom stereocenters. The maximum absolute atomic E-state index is 13.4. The van der Waals surface area contributed by atoms with Gasteiger partial charge in [-0.1, -0.05) is 34.7 Å². The number of imide groups is 1. The number of anilines is 1. The number of nitrogens with one attached hydrogen (secondary N) is 2. The van der Waals surface area contributed by atoms with Crippen LogP contribution in [0.5, 0.6) is 5.75 Å². The molecule has 14 heteroatoms. The van der Waals surface area contributed by atoms with Crippen LogP contribution in [0.3, 0.4) is 0 Å². The molecule has 0 bridgehead atoms. The molecule has 1 aromatic heterocycles. The first-order valence-electron chi connectivity index (χ1n) is 11.1. The molecule has 3 aromatic rings. The summed E-state index contributed by atoms with van der Waals surface area (Å²) in [5.74, 6) is -5.41. The number of thiazole rings is 1. The zero-order chi connectivity index (χ0) is 27.1. The number of carboxylic acid groups (broad SMARTS) is 1. The Morgan fingerprint density at radius 3 is 2.58 bits per heavy atom. The minimum absolute atomic E-state index is 0.183. The number of hydrogen-bond acceptors (Lipinski definition) is 8. The van der Waals surface area contributed by atoms with Crippen molar-refractivity contribution in [2.75, 3.05) is 18.5 Å². The molecule has 10 nitrogen and oxygen atoms in total. The summed E-state index contributed by atoms with van der Waals surface area (Å²) in [4.78, 5) is 65.9. The average molecular weight is 578 g/mol. The topological polar surface area (TPSA) is 146 Å². The minimum Gasteiger partial charge on any atom is -0.483 e. The van der Waals surface area contributed by atoms with E-state index in [2.05, 4.69) is 10.3 Å². The number of aliphatic carboxylic acids is 1. The fourth-order valence-corrected chi connectivity index (χ4v) is 7.18. The molecule has 0 radical (unpaired) electrons. The molecule has 2 aromatic carbocycles. The Bertz CT molecular complexity index is 1520. The van der Waals surface area contributed by atoms with Gasteiger partial charge in [-0.2, -0.15) is 0 Å². The van der Waals surface area contributed by atoms with Crippen LogP contribution >= 0.6 is 34.7 Å². The van der Waals surface area contributed by atoms with E-state index in [1.165, 1.54) is 42.5 Å². The molecule has 3 N–H and O–H groups in total. The van der Waals surface area contributed by atoms with Crippen LogP contribution in [0.25, 0.3) is 0 Å². The molecular weight excluding hydrogens is 561 g/mol. The highest BCUT2D eigenvalue weighted by Gasteiger charge is 2.56. The lowest BCUT2D eigenvalue weighted by atomic mass is 9.82. The lowest BCUT2D eigenvalue weighted by molar-refractivity contribution is -0.149. The smallest absolute Gasteiger partial charge is 0.323 e. The molecule has 0 spiro atoms. The van der Waals surface area contributed by atoms with Crippen molar-refractivity contribution in [1.29, 1.82) is 0 Å². The number of benzene rings is 2. The Hall–Kier alpha value is -3.68. The maximum Gasteiger partial charge on any atom is 0.323 e. The van der Waals surface area contributed by atoms with E-state index in [0.717, 1.165) is 23.1 Å². The molecule has 196 valence electrons. The van der Waals surface area contributed by atoms with Gasteiger partial charge < -0.3 is 20.1 Å². The van der Waals surface area contributed by atoms with Gasteiger partial charge in [0.15, 0.2) is 6.61 Å². The molecule has 38 heavy (non-hydrogen) atoms. The van der Waals surface area contributed by atoms with E-state index < -0.39 is 64.6 Å². The molecule has 5 rings (SSSR count). The van der Waals surface area contributed by atoms with Gasteiger partial charge in [-0.15, -0.1) is 0 Å². The summed E-state index contributed by atoms with van der Waals surface area (Å²) in [5.41, 5.74) is 0.719. The Kier molecular flexibility index (Phi) is 6.99. The number of amides is 3. The highest BCUT2D eigenvalue weighted by molar-refractivity contribution is 8.00. The quantitative estimate of drug-likeness (QED) is 0.363. The third-order valence-corrected chi connectivity index (χ3v) is 8.64. The summed E-state index contributed by atoms with van der Waals surface area (Å²) in [6.45, 7) is -1.24.